The van der Waals surface area contributed by atoms with Crippen LogP contribution in [0.2, 0.25) is 0 Å². The quantitative estimate of drug-likeness (QED) is 0.635. The molecular weight excluding hydrogens is 414 g/mol. The molecule has 1 N–H and O–H groups in total. The maximum atomic E-state index is 13.7. The van der Waals surface area contributed by atoms with Gasteiger partial charge in [0.05, 0.1) is 10.7 Å². The number of hydrogen-bond donors (Lipinski definition) is 1. The van der Waals surface area contributed by atoms with Crippen molar-refractivity contribution in [3.05, 3.63) is 51.3 Å². The molecule has 0 radical (unpaired) electrons. The fourth-order valence-corrected chi connectivity index (χ4v) is 2.80. The van der Waals surface area contributed by atoms with Gasteiger partial charge in [-0.05, 0) is 46.0 Å². The summed E-state index contributed by atoms with van der Waals surface area (Å²) in [4.78, 5) is 0. The van der Waals surface area contributed by atoms with Gasteiger partial charge in [-0.15, -0.1) is 10.2 Å². The summed E-state index contributed by atoms with van der Waals surface area (Å²) in [5, 5.41) is 13.8. The molecule has 0 spiro atoms. The van der Waals surface area contributed by atoms with E-state index in [1.165, 1.54) is 6.07 Å². The minimum absolute atomic E-state index is 0.112. The second-order valence-electron chi connectivity index (χ2n) is 4.60. The Bertz CT molecular complexity index is 811. The van der Waals surface area contributed by atoms with Gasteiger partial charge in [-0.25, -0.2) is 4.39 Å². The second-order valence-corrected chi connectivity index (χ2v) is 5.77. The van der Waals surface area contributed by atoms with Gasteiger partial charge in [-0.1, -0.05) is 18.2 Å². The molecule has 3 rings (SSSR count). The second kappa shape index (κ2) is 6.90. The van der Waals surface area contributed by atoms with E-state index >= 15 is 0 Å². The fourth-order valence-electron chi connectivity index (χ4n) is 2.04. The van der Waals surface area contributed by atoms with E-state index in [2.05, 4.69) is 43.2 Å². The van der Waals surface area contributed by atoms with Crippen molar-refractivity contribution in [3.8, 4) is 22.9 Å². The van der Waals surface area contributed by atoms with Crippen LogP contribution in [0.1, 0.15) is 5.56 Å². The molecule has 0 bridgehead atoms. The third-order valence-electron chi connectivity index (χ3n) is 3.16. The molecule has 23 heavy (non-hydrogen) atoms. The van der Waals surface area contributed by atoms with Crippen LogP contribution in [0.5, 0.6) is 11.5 Å². The SMILES string of the molecule is COc1cc(-c2nn[nH]n2)cc(I)c1OCc1ccccc1F. The maximum absolute atomic E-state index is 13.7. The van der Waals surface area contributed by atoms with Crippen LogP contribution in [0.25, 0.3) is 11.4 Å². The van der Waals surface area contributed by atoms with E-state index in [0.717, 1.165) is 9.13 Å². The molecule has 8 heteroatoms. The number of nitrogens with one attached hydrogen (secondary N) is 1. The molecule has 0 saturated carbocycles. The zero-order valence-electron chi connectivity index (χ0n) is 12.1. The number of hydrogen-bond acceptors (Lipinski definition) is 5. The topological polar surface area (TPSA) is 72.9 Å². The number of benzene rings is 2. The van der Waals surface area contributed by atoms with Crippen molar-refractivity contribution in [2.45, 2.75) is 6.61 Å². The fraction of sp³-hybridized carbons (Fsp3) is 0.133. The first kappa shape index (κ1) is 15.7. The number of ether oxygens (including phenoxy) is 2. The van der Waals surface area contributed by atoms with Crippen molar-refractivity contribution in [1.29, 1.82) is 0 Å². The molecule has 0 aliphatic heterocycles. The smallest absolute Gasteiger partial charge is 0.204 e. The Morgan fingerprint density at radius 2 is 2.09 bits per heavy atom. The molecule has 0 atom stereocenters. The Labute approximate surface area is 145 Å². The molecule has 0 amide bonds. The van der Waals surface area contributed by atoms with Crippen molar-refractivity contribution in [1.82, 2.24) is 20.6 Å². The van der Waals surface area contributed by atoms with E-state index < -0.39 is 0 Å². The van der Waals surface area contributed by atoms with Gasteiger partial charge in [-0.2, -0.15) is 5.21 Å². The molecular formula is C15H12FIN4O2. The molecule has 0 aliphatic carbocycles. The van der Waals surface area contributed by atoms with Crippen LogP contribution in [-0.4, -0.2) is 27.7 Å². The molecule has 0 saturated heterocycles. The molecule has 1 heterocycles. The standard InChI is InChI=1S/C15H12FIN4O2/c1-22-13-7-10(15-18-20-21-19-15)6-12(17)14(13)23-8-9-4-2-3-5-11(9)16/h2-7H,8H2,1H3,(H,18,19,20,21). The highest BCUT2D eigenvalue weighted by molar-refractivity contribution is 14.1. The summed E-state index contributed by atoms with van der Waals surface area (Å²) >= 11 is 2.13. The summed E-state index contributed by atoms with van der Waals surface area (Å²) in [6.45, 7) is 0.112. The number of methoxy groups -OCH3 is 1. The number of halogens is 2. The van der Waals surface area contributed by atoms with Gasteiger partial charge in [-0.3, -0.25) is 0 Å². The van der Waals surface area contributed by atoms with Crippen molar-refractivity contribution in [3.63, 3.8) is 0 Å². The van der Waals surface area contributed by atoms with Crippen LogP contribution in [0, 0.1) is 9.39 Å². The Morgan fingerprint density at radius 3 is 2.78 bits per heavy atom. The summed E-state index contributed by atoms with van der Waals surface area (Å²) in [6.07, 6.45) is 0. The zero-order valence-corrected chi connectivity index (χ0v) is 14.2. The summed E-state index contributed by atoms with van der Waals surface area (Å²) < 4.78 is 25.6. The van der Waals surface area contributed by atoms with Crippen molar-refractivity contribution in [2.24, 2.45) is 0 Å². The molecule has 0 unspecified atom stereocenters. The van der Waals surface area contributed by atoms with Gasteiger partial charge in [0.15, 0.2) is 11.5 Å². The van der Waals surface area contributed by atoms with Crippen molar-refractivity contribution in [2.75, 3.05) is 7.11 Å². The number of rotatable bonds is 5. The van der Waals surface area contributed by atoms with Crippen molar-refractivity contribution < 1.29 is 13.9 Å². The lowest BCUT2D eigenvalue weighted by molar-refractivity contribution is 0.277. The summed E-state index contributed by atoms with van der Waals surface area (Å²) in [5.41, 5.74) is 1.23. The average molecular weight is 426 g/mol. The van der Waals surface area contributed by atoms with Gasteiger partial charge >= 0.3 is 0 Å². The van der Waals surface area contributed by atoms with E-state index in [0.29, 0.717) is 22.9 Å². The van der Waals surface area contributed by atoms with Crippen LogP contribution < -0.4 is 9.47 Å². The Kier molecular flexibility index (Phi) is 4.70. The van der Waals surface area contributed by atoms with Gasteiger partial charge in [0.1, 0.15) is 12.4 Å². The number of H-pyrrole nitrogens is 1. The predicted molar refractivity (Wildman–Crippen MR) is 89.6 cm³/mol. The summed E-state index contributed by atoms with van der Waals surface area (Å²) in [6, 6.07) is 10.1. The van der Waals surface area contributed by atoms with Crippen LogP contribution in [0.4, 0.5) is 4.39 Å². The van der Waals surface area contributed by atoms with E-state index in [9.17, 15) is 4.39 Å². The number of aromatic nitrogens is 4. The van der Waals surface area contributed by atoms with Gasteiger partial charge < -0.3 is 9.47 Å². The maximum Gasteiger partial charge on any atom is 0.204 e. The monoisotopic (exact) mass is 426 g/mol. The highest BCUT2D eigenvalue weighted by Gasteiger charge is 2.15. The minimum Gasteiger partial charge on any atom is -0.493 e. The van der Waals surface area contributed by atoms with E-state index in [-0.39, 0.29) is 12.4 Å². The summed E-state index contributed by atoms with van der Waals surface area (Å²) in [5.74, 6) is 1.23. The first-order valence-electron chi connectivity index (χ1n) is 6.66. The van der Waals surface area contributed by atoms with E-state index in [1.807, 2.05) is 6.07 Å². The van der Waals surface area contributed by atoms with E-state index in [1.54, 1.807) is 31.4 Å². The largest absolute Gasteiger partial charge is 0.493 e. The highest BCUT2D eigenvalue weighted by atomic mass is 127. The number of tetrazole rings is 1. The first-order valence-corrected chi connectivity index (χ1v) is 7.74. The molecule has 0 fully saturated rings. The van der Waals surface area contributed by atoms with Gasteiger partial charge in [0, 0.05) is 11.1 Å². The van der Waals surface area contributed by atoms with Crippen LogP contribution in [-0.2, 0) is 6.61 Å². The zero-order chi connectivity index (χ0) is 16.2. The van der Waals surface area contributed by atoms with Crippen LogP contribution in [0.15, 0.2) is 36.4 Å². The molecule has 1 aromatic heterocycles. The molecule has 0 aliphatic rings. The average Bonchev–Trinajstić information content (AvgIpc) is 3.09. The lowest BCUT2D eigenvalue weighted by atomic mass is 10.2. The molecule has 3 aromatic rings. The third-order valence-corrected chi connectivity index (χ3v) is 3.96. The Hall–Kier alpha value is -2.23. The van der Waals surface area contributed by atoms with E-state index in [4.69, 9.17) is 9.47 Å². The molecule has 2 aromatic carbocycles. The lowest BCUT2D eigenvalue weighted by Crippen LogP contribution is -2.02. The van der Waals surface area contributed by atoms with Gasteiger partial charge in [0.2, 0.25) is 5.82 Å². The van der Waals surface area contributed by atoms with Crippen molar-refractivity contribution >= 4 is 22.6 Å². The normalized spacial score (nSPS) is 10.6. The number of nitrogens with zero attached hydrogens (tertiary/aromatic N) is 3. The third kappa shape index (κ3) is 3.41. The summed E-state index contributed by atoms with van der Waals surface area (Å²) in [7, 11) is 1.54. The predicted octanol–water partition coefficient (Wildman–Crippen LogP) is 3.20. The Morgan fingerprint density at radius 1 is 1.26 bits per heavy atom. The lowest BCUT2D eigenvalue weighted by Gasteiger charge is -2.14. The molecule has 6 nitrogen and oxygen atoms in total. The van der Waals surface area contributed by atoms with Crippen LogP contribution in [0.3, 0.4) is 0 Å². The minimum atomic E-state index is -0.301. The first-order chi connectivity index (χ1) is 11.2. The highest BCUT2D eigenvalue weighted by Crippen LogP contribution is 2.36. The number of aromatic amines is 1. The van der Waals surface area contributed by atoms with Crippen LogP contribution >= 0.6 is 22.6 Å². The molecule has 118 valence electrons. The Balaban J connectivity index is 1.89. The van der Waals surface area contributed by atoms with Gasteiger partial charge in [0.25, 0.3) is 0 Å².